The first-order chi connectivity index (χ1) is 19.7. The topological polar surface area (TPSA) is 102 Å². The van der Waals surface area contributed by atoms with Crippen molar-refractivity contribution in [1.82, 2.24) is 5.32 Å². The predicted octanol–water partition coefficient (Wildman–Crippen LogP) is 3.19. The molecule has 0 fully saturated rings. The van der Waals surface area contributed by atoms with E-state index in [2.05, 4.69) is 19.2 Å². The van der Waals surface area contributed by atoms with Crippen LogP contribution < -0.4 is 74.4 Å². The number of carboxylic acids is 1. The Kier molecular flexibility index (Phi) is 38.1. The average Bonchev–Trinajstić information content (AvgIpc) is 2.91. The Balaban J connectivity index is -0.00000800. The van der Waals surface area contributed by atoms with Crippen LogP contribution in [0.2, 0.25) is 0 Å². The van der Waals surface area contributed by atoms with E-state index >= 15 is 0 Å². The van der Waals surface area contributed by atoms with Gasteiger partial charge in [0.05, 0.1) is 11.8 Å². The minimum absolute atomic E-state index is 0. The first-order valence-corrected chi connectivity index (χ1v) is 19.2. The van der Waals surface area contributed by atoms with E-state index in [0.717, 1.165) is 32.1 Å². The molecule has 0 rings (SSSR count). The third-order valence-electron chi connectivity index (χ3n) is 8.22. The number of hydrogen-bond donors (Lipinski definition) is 1. The normalized spacial score (nSPS) is 13.6. The molecule has 2 atom stereocenters. The Bertz CT molecular complexity index is 654. The number of aliphatic carboxylic acids is 1. The van der Waals surface area contributed by atoms with E-state index in [0.29, 0.717) is 13.0 Å². The van der Waals surface area contributed by atoms with Crippen LogP contribution in [0.5, 0.6) is 0 Å². The van der Waals surface area contributed by atoms with E-state index in [-0.39, 0.29) is 59.1 Å². The van der Waals surface area contributed by atoms with Gasteiger partial charge in [-0.3, -0.25) is 0 Å². The Morgan fingerprint density at radius 3 is 1.26 bits per heavy atom. The van der Waals surface area contributed by atoms with Gasteiger partial charge in [-0.05, 0) is 33.2 Å². The van der Waals surface area contributed by atoms with Gasteiger partial charge in [-0.2, -0.15) is 0 Å². The maximum atomic E-state index is 13.0. The summed E-state index contributed by atoms with van der Waals surface area (Å²) < 4.78 is 18.1. The van der Waals surface area contributed by atoms with Crippen LogP contribution in [0.15, 0.2) is 0 Å². The number of carboxylic acid groups (broad SMARTS) is 1. The number of hydrogen-bond acceptors (Lipinski definition) is 6. The first kappa shape index (κ1) is 49.0. The van der Waals surface area contributed by atoms with Gasteiger partial charge in [-0.15, -0.1) is 0 Å². The molecular weight excluding hydrogens is 579 g/mol. The molecule has 0 saturated carbocycles. The maximum Gasteiger partial charge on any atom is 1.00 e. The summed E-state index contributed by atoms with van der Waals surface area (Å²) in [6, 6.07) is 0. The largest absolute Gasteiger partial charge is 1.00 e. The molecule has 6 nitrogen and oxygen atoms in total. The molecule has 246 valence electrons. The van der Waals surface area contributed by atoms with Gasteiger partial charge in [0.15, 0.2) is 7.60 Å². The molecule has 0 radical (unpaired) electrons. The summed E-state index contributed by atoms with van der Waals surface area (Å²) in [5.41, 5.74) is -1.87. The third-order valence-corrected chi connectivity index (χ3v) is 10.1. The molecule has 0 saturated heterocycles. The van der Waals surface area contributed by atoms with Gasteiger partial charge in [0.25, 0.3) is 0 Å². The van der Waals surface area contributed by atoms with Crippen molar-refractivity contribution in [2.75, 3.05) is 6.54 Å². The van der Waals surface area contributed by atoms with Crippen molar-refractivity contribution in [2.45, 2.75) is 206 Å². The summed E-state index contributed by atoms with van der Waals surface area (Å²) in [7, 11) is -4.43. The monoisotopic (exact) mass is 647 g/mol. The number of nitrogens with one attached hydrogen (secondary N) is 1. The predicted molar refractivity (Wildman–Crippen MR) is 171 cm³/mol. The van der Waals surface area contributed by atoms with E-state index < -0.39 is 24.9 Å². The van der Waals surface area contributed by atoms with Gasteiger partial charge in [-0.25, -0.2) is 0 Å². The van der Waals surface area contributed by atoms with Crippen molar-refractivity contribution < 1.29 is 83.0 Å². The van der Waals surface area contributed by atoms with Gasteiger partial charge in [0.1, 0.15) is 5.60 Å². The summed E-state index contributed by atoms with van der Waals surface area (Å²) in [5, 5.41) is 14.5. The Hall–Kier alpha value is 1.58. The SMILES string of the molecule is CCCCCCCCCCCCCCCCCCNC(CCCCCCCCCCC)P(=O)([O-])OC(C)(C)C(=O)[O-].[Na+].[Na+]. The molecule has 1 N–H and O–H groups in total. The van der Waals surface area contributed by atoms with E-state index in [1.165, 1.54) is 142 Å². The summed E-state index contributed by atoms with van der Waals surface area (Å²) in [5.74, 6) is -2.38. The van der Waals surface area contributed by atoms with Gasteiger partial charge in [0.2, 0.25) is 0 Å². The van der Waals surface area contributed by atoms with Crippen molar-refractivity contribution >= 4 is 13.6 Å². The number of carbonyl (C=O) groups excluding carboxylic acids is 1. The minimum atomic E-state index is -4.43. The second kappa shape index (κ2) is 33.5. The minimum Gasteiger partial charge on any atom is -0.777 e. The zero-order valence-corrected chi connectivity index (χ0v) is 34.6. The molecule has 43 heavy (non-hydrogen) atoms. The molecule has 0 aromatic carbocycles. The molecule has 0 spiro atoms. The molecule has 0 aromatic rings. The van der Waals surface area contributed by atoms with Gasteiger partial charge in [-0.1, -0.05) is 168 Å². The fraction of sp³-hybridized carbons (Fsp3) is 0.971. The van der Waals surface area contributed by atoms with E-state index in [1.54, 1.807) is 0 Å². The van der Waals surface area contributed by atoms with Crippen molar-refractivity contribution in [3.8, 4) is 0 Å². The molecule has 9 heteroatoms. The van der Waals surface area contributed by atoms with E-state index in [4.69, 9.17) is 4.52 Å². The summed E-state index contributed by atoms with van der Waals surface area (Å²) in [4.78, 5) is 24.3. The average molecular weight is 648 g/mol. The van der Waals surface area contributed by atoms with Crippen LogP contribution >= 0.6 is 7.60 Å². The van der Waals surface area contributed by atoms with E-state index in [1.807, 2.05) is 0 Å². The van der Waals surface area contributed by atoms with Gasteiger partial charge in [0, 0.05) is 0 Å². The standard InChI is InChI=1S/C34H70NO5P.2Na/c1-5-7-9-11-13-15-16-17-18-19-20-21-23-25-27-29-31-35-32(41(38,39)40-34(3,4)33(36)37)30-28-26-24-22-14-12-10-8-6-2;;/h32,35H,5-31H2,1-4H3,(H,36,37)(H,38,39);;/q;2*+1/p-2. The number of carbonyl (C=O) groups is 1. The fourth-order valence-corrected chi connectivity index (χ4v) is 7.07. The Labute approximate surface area is 311 Å². The van der Waals surface area contributed by atoms with Crippen LogP contribution in [0, 0.1) is 0 Å². The summed E-state index contributed by atoms with van der Waals surface area (Å²) >= 11 is 0. The van der Waals surface area contributed by atoms with Gasteiger partial charge < -0.3 is 29.2 Å². The van der Waals surface area contributed by atoms with E-state index in [9.17, 15) is 19.4 Å². The second-order valence-corrected chi connectivity index (χ2v) is 14.7. The van der Waals surface area contributed by atoms with Crippen molar-refractivity contribution in [2.24, 2.45) is 0 Å². The van der Waals surface area contributed by atoms with Crippen molar-refractivity contribution in [3.05, 3.63) is 0 Å². The summed E-state index contributed by atoms with van der Waals surface area (Å²) in [6.07, 6.45) is 31.7. The van der Waals surface area contributed by atoms with Crippen molar-refractivity contribution in [1.29, 1.82) is 0 Å². The zero-order valence-electron chi connectivity index (χ0n) is 29.7. The molecule has 0 aliphatic rings. The first-order valence-electron chi connectivity index (χ1n) is 17.6. The Morgan fingerprint density at radius 1 is 0.628 bits per heavy atom. The summed E-state index contributed by atoms with van der Waals surface area (Å²) in [6.45, 7) is 7.56. The third kappa shape index (κ3) is 30.7. The zero-order chi connectivity index (χ0) is 30.7. The molecule has 0 bridgehead atoms. The van der Waals surface area contributed by atoms with Crippen LogP contribution in [0.3, 0.4) is 0 Å². The quantitative estimate of drug-likeness (QED) is 0.0684. The molecule has 0 aliphatic heterocycles. The van der Waals surface area contributed by atoms with Gasteiger partial charge >= 0.3 is 59.1 Å². The van der Waals surface area contributed by atoms with Crippen LogP contribution in [0.25, 0.3) is 0 Å². The molecule has 0 amide bonds. The molecular formula is C34H68NNa2O5P. The molecule has 0 aliphatic carbocycles. The Morgan fingerprint density at radius 2 is 0.930 bits per heavy atom. The molecule has 0 heterocycles. The fourth-order valence-electron chi connectivity index (χ4n) is 5.38. The number of unbranched alkanes of at least 4 members (excludes halogenated alkanes) is 23. The van der Waals surface area contributed by atoms with Crippen LogP contribution in [-0.2, 0) is 13.9 Å². The van der Waals surface area contributed by atoms with Crippen LogP contribution in [0.1, 0.15) is 195 Å². The van der Waals surface area contributed by atoms with Crippen LogP contribution in [0.4, 0.5) is 0 Å². The number of rotatable bonds is 32. The smallest absolute Gasteiger partial charge is 0.777 e. The second-order valence-electron chi connectivity index (χ2n) is 12.8. The van der Waals surface area contributed by atoms with Crippen LogP contribution in [-0.4, -0.2) is 23.9 Å². The maximum absolute atomic E-state index is 13.0. The van der Waals surface area contributed by atoms with Crippen molar-refractivity contribution in [3.63, 3.8) is 0 Å². The molecule has 2 unspecified atom stereocenters. The molecule has 0 aromatic heterocycles.